The van der Waals surface area contributed by atoms with Crippen LogP contribution in [0.4, 0.5) is 0 Å². The number of ether oxygens (including phenoxy) is 1. The Kier molecular flexibility index (Phi) is 5.58. The van der Waals surface area contributed by atoms with Gasteiger partial charge >= 0.3 is 0 Å². The minimum atomic E-state index is -0.495. The molecule has 25 heavy (non-hydrogen) atoms. The van der Waals surface area contributed by atoms with Gasteiger partial charge in [0, 0.05) is 17.6 Å². The van der Waals surface area contributed by atoms with Crippen LogP contribution in [0.1, 0.15) is 48.9 Å². The number of carbonyl (C=O) groups is 2. The Labute approximate surface area is 148 Å². The van der Waals surface area contributed by atoms with Crippen LogP contribution in [0, 0.1) is 11.8 Å². The van der Waals surface area contributed by atoms with Crippen molar-refractivity contribution in [3.05, 3.63) is 29.8 Å². The summed E-state index contributed by atoms with van der Waals surface area (Å²) in [4.78, 5) is 23.5. The SMILES string of the molecule is NC(=O)c1cccc(OCCC(=O)NC2C3CCCC2CC(N)C3)c1. The highest BCUT2D eigenvalue weighted by Gasteiger charge is 2.39. The van der Waals surface area contributed by atoms with E-state index in [1.165, 1.54) is 6.42 Å². The molecule has 0 heterocycles. The van der Waals surface area contributed by atoms with Crippen molar-refractivity contribution in [2.24, 2.45) is 23.3 Å². The third kappa shape index (κ3) is 4.51. The number of primary amides is 1. The summed E-state index contributed by atoms with van der Waals surface area (Å²) in [5, 5.41) is 3.21. The van der Waals surface area contributed by atoms with Crippen LogP contribution in [0.3, 0.4) is 0 Å². The molecule has 2 amide bonds. The van der Waals surface area contributed by atoms with E-state index in [2.05, 4.69) is 5.32 Å². The molecule has 1 aromatic carbocycles. The number of amides is 2. The summed E-state index contributed by atoms with van der Waals surface area (Å²) in [6.07, 6.45) is 5.88. The van der Waals surface area contributed by atoms with E-state index >= 15 is 0 Å². The molecule has 5 N–H and O–H groups in total. The maximum Gasteiger partial charge on any atom is 0.248 e. The summed E-state index contributed by atoms with van der Waals surface area (Å²) in [7, 11) is 0. The van der Waals surface area contributed by atoms with Crippen LogP contribution in [0.15, 0.2) is 24.3 Å². The average molecular weight is 345 g/mol. The summed E-state index contributed by atoms with van der Waals surface area (Å²) in [6.45, 7) is 0.273. The van der Waals surface area contributed by atoms with E-state index in [0.717, 1.165) is 25.7 Å². The second-order valence-corrected chi connectivity index (χ2v) is 7.27. The van der Waals surface area contributed by atoms with Gasteiger partial charge in [0.1, 0.15) is 5.75 Å². The molecule has 0 aliphatic heterocycles. The van der Waals surface area contributed by atoms with Gasteiger partial charge in [-0.05, 0) is 55.7 Å². The van der Waals surface area contributed by atoms with Crippen LogP contribution in [-0.4, -0.2) is 30.5 Å². The molecule has 6 heteroatoms. The normalized spacial score (nSPS) is 28.2. The van der Waals surface area contributed by atoms with Crippen molar-refractivity contribution in [1.29, 1.82) is 0 Å². The first-order valence-corrected chi connectivity index (χ1v) is 9.10. The lowest BCUT2D eigenvalue weighted by molar-refractivity contribution is -0.123. The van der Waals surface area contributed by atoms with Crippen LogP contribution < -0.4 is 21.5 Å². The fourth-order valence-electron chi connectivity index (χ4n) is 4.28. The highest BCUT2D eigenvalue weighted by Crippen LogP contribution is 2.39. The van der Waals surface area contributed by atoms with Gasteiger partial charge in [-0.2, -0.15) is 0 Å². The zero-order valence-corrected chi connectivity index (χ0v) is 14.4. The molecule has 2 bridgehead atoms. The molecule has 2 aliphatic rings. The van der Waals surface area contributed by atoms with E-state index < -0.39 is 5.91 Å². The molecule has 2 unspecified atom stereocenters. The predicted molar refractivity (Wildman–Crippen MR) is 95.0 cm³/mol. The summed E-state index contributed by atoms with van der Waals surface area (Å²) in [5.41, 5.74) is 11.8. The Bertz CT molecular complexity index is 620. The van der Waals surface area contributed by atoms with Crippen LogP contribution >= 0.6 is 0 Å². The lowest BCUT2D eigenvalue weighted by Gasteiger charge is -2.45. The number of fused-ring (bicyclic) bond motifs is 2. The molecule has 0 aromatic heterocycles. The topological polar surface area (TPSA) is 107 Å². The lowest BCUT2D eigenvalue weighted by Crippen LogP contribution is -2.53. The Balaban J connectivity index is 1.47. The van der Waals surface area contributed by atoms with Crippen molar-refractivity contribution in [2.45, 2.75) is 50.6 Å². The Morgan fingerprint density at radius 1 is 1.20 bits per heavy atom. The van der Waals surface area contributed by atoms with Gasteiger partial charge in [-0.1, -0.05) is 12.5 Å². The molecule has 2 saturated carbocycles. The first-order chi connectivity index (χ1) is 12.0. The summed E-state index contributed by atoms with van der Waals surface area (Å²) < 4.78 is 5.58. The Morgan fingerprint density at radius 3 is 2.60 bits per heavy atom. The van der Waals surface area contributed by atoms with Crippen molar-refractivity contribution in [3.8, 4) is 5.75 Å². The minimum absolute atomic E-state index is 0.0171. The molecule has 0 saturated heterocycles. The highest BCUT2D eigenvalue weighted by molar-refractivity contribution is 5.93. The third-order valence-electron chi connectivity index (χ3n) is 5.42. The fraction of sp³-hybridized carbons (Fsp3) is 0.579. The zero-order chi connectivity index (χ0) is 17.8. The predicted octanol–water partition coefficient (Wildman–Crippen LogP) is 1.58. The maximum absolute atomic E-state index is 12.3. The molecule has 1 aromatic rings. The molecular formula is C19H27N3O3. The van der Waals surface area contributed by atoms with E-state index in [1.807, 2.05) is 0 Å². The van der Waals surface area contributed by atoms with E-state index in [1.54, 1.807) is 24.3 Å². The standard InChI is InChI=1S/C19H27N3O3/c20-15-9-12-3-1-4-13(10-15)18(12)22-17(23)7-8-25-16-6-2-5-14(11-16)19(21)24/h2,5-6,11-13,15,18H,1,3-4,7-10,20H2,(H2,21,24)(H,22,23). The highest BCUT2D eigenvalue weighted by atomic mass is 16.5. The quantitative estimate of drug-likeness (QED) is 0.727. The molecule has 2 fully saturated rings. The number of carbonyl (C=O) groups excluding carboxylic acids is 2. The molecule has 0 spiro atoms. The van der Waals surface area contributed by atoms with Crippen LogP contribution in [0.5, 0.6) is 5.75 Å². The largest absolute Gasteiger partial charge is 0.493 e. The first kappa shape index (κ1) is 17.7. The van der Waals surface area contributed by atoms with Gasteiger partial charge in [0.25, 0.3) is 0 Å². The molecule has 136 valence electrons. The van der Waals surface area contributed by atoms with E-state index in [9.17, 15) is 9.59 Å². The van der Waals surface area contributed by atoms with Gasteiger partial charge in [0.05, 0.1) is 13.0 Å². The van der Waals surface area contributed by atoms with Gasteiger partial charge < -0.3 is 21.5 Å². The minimum Gasteiger partial charge on any atom is -0.493 e. The number of nitrogens with two attached hydrogens (primary N) is 2. The summed E-state index contributed by atoms with van der Waals surface area (Å²) in [6, 6.07) is 7.23. The number of benzene rings is 1. The van der Waals surface area contributed by atoms with Gasteiger partial charge in [0.15, 0.2) is 0 Å². The lowest BCUT2D eigenvalue weighted by atomic mass is 9.67. The number of hydrogen-bond donors (Lipinski definition) is 3. The third-order valence-corrected chi connectivity index (χ3v) is 5.42. The van der Waals surface area contributed by atoms with Crippen LogP contribution in [-0.2, 0) is 4.79 Å². The molecule has 2 aliphatic carbocycles. The van der Waals surface area contributed by atoms with Crippen LogP contribution in [0.2, 0.25) is 0 Å². The Morgan fingerprint density at radius 2 is 1.92 bits per heavy atom. The Hall–Kier alpha value is -2.08. The summed E-state index contributed by atoms with van der Waals surface area (Å²) in [5.74, 6) is 1.09. The number of nitrogens with one attached hydrogen (secondary N) is 1. The summed E-state index contributed by atoms with van der Waals surface area (Å²) >= 11 is 0. The van der Waals surface area contributed by atoms with Gasteiger partial charge in [-0.15, -0.1) is 0 Å². The molecule has 0 radical (unpaired) electrons. The van der Waals surface area contributed by atoms with Crippen molar-refractivity contribution in [2.75, 3.05) is 6.61 Å². The van der Waals surface area contributed by atoms with Gasteiger partial charge in [0.2, 0.25) is 11.8 Å². The van der Waals surface area contributed by atoms with E-state index in [-0.39, 0.29) is 24.6 Å². The van der Waals surface area contributed by atoms with E-state index in [4.69, 9.17) is 16.2 Å². The van der Waals surface area contributed by atoms with Crippen LogP contribution in [0.25, 0.3) is 0 Å². The van der Waals surface area contributed by atoms with Crippen molar-refractivity contribution < 1.29 is 14.3 Å². The second-order valence-electron chi connectivity index (χ2n) is 7.27. The number of rotatable bonds is 6. The molecule has 6 nitrogen and oxygen atoms in total. The molecule has 2 atom stereocenters. The average Bonchev–Trinajstić information content (AvgIpc) is 2.56. The van der Waals surface area contributed by atoms with Gasteiger partial charge in [-0.25, -0.2) is 0 Å². The maximum atomic E-state index is 12.3. The molecule has 3 rings (SSSR count). The van der Waals surface area contributed by atoms with Crippen molar-refractivity contribution in [3.63, 3.8) is 0 Å². The van der Waals surface area contributed by atoms with E-state index in [0.29, 0.717) is 29.6 Å². The van der Waals surface area contributed by atoms with Crippen molar-refractivity contribution in [1.82, 2.24) is 5.32 Å². The fourth-order valence-corrected chi connectivity index (χ4v) is 4.28. The van der Waals surface area contributed by atoms with Crippen molar-refractivity contribution >= 4 is 11.8 Å². The monoisotopic (exact) mass is 345 g/mol. The van der Waals surface area contributed by atoms with Gasteiger partial charge in [-0.3, -0.25) is 9.59 Å². The smallest absolute Gasteiger partial charge is 0.248 e. The molecular weight excluding hydrogens is 318 g/mol. The second kappa shape index (κ2) is 7.87. The number of hydrogen-bond acceptors (Lipinski definition) is 4. The first-order valence-electron chi connectivity index (χ1n) is 9.10. The zero-order valence-electron chi connectivity index (χ0n) is 14.4.